The van der Waals surface area contributed by atoms with Crippen molar-refractivity contribution < 1.29 is 23.2 Å². The third-order valence-corrected chi connectivity index (χ3v) is 3.86. The number of hydrogen-bond acceptors (Lipinski definition) is 7. The van der Waals surface area contributed by atoms with Gasteiger partial charge in [-0.25, -0.2) is 9.18 Å². The van der Waals surface area contributed by atoms with Crippen LogP contribution in [0.1, 0.15) is 11.5 Å². The van der Waals surface area contributed by atoms with Crippen LogP contribution in [0.2, 0.25) is 0 Å². The predicted octanol–water partition coefficient (Wildman–Crippen LogP) is 3.70. The normalized spacial score (nSPS) is 11.0. The number of aromatic nitrogens is 2. The molecule has 2 aromatic heterocycles. The van der Waals surface area contributed by atoms with Crippen LogP contribution < -0.4 is 4.74 Å². The second-order valence-corrected chi connectivity index (χ2v) is 5.64. The van der Waals surface area contributed by atoms with Crippen molar-refractivity contribution in [3.05, 3.63) is 58.4 Å². The van der Waals surface area contributed by atoms with E-state index in [-0.39, 0.29) is 18.2 Å². The summed E-state index contributed by atoms with van der Waals surface area (Å²) < 4.78 is 28.4. The van der Waals surface area contributed by atoms with Crippen LogP contribution in [0, 0.1) is 5.82 Å². The Bertz CT molecular complexity index is 890. The van der Waals surface area contributed by atoms with Crippen LogP contribution in [-0.2, 0) is 16.1 Å². The van der Waals surface area contributed by atoms with Crippen molar-refractivity contribution >= 4 is 23.4 Å². The maximum Gasteiger partial charge on any atom is 0.331 e. The van der Waals surface area contributed by atoms with E-state index in [1.807, 2.05) is 16.8 Å². The minimum atomic E-state index is -0.605. The molecule has 0 aliphatic carbocycles. The summed E-state index contributed by atoms with van der Waals surface area (Å²) in [7, 11) is 1.38. The van der Waals surface area contributed by atoms with Crippen molar-refractivity contribution in [2.24, 2.45) is 0 Å². The number of hydrogen-bond donors (Lipinski definition) is 0. The Balaban J connectivity index is 1.55. The van der Waals surface area contributed by atoms with Crippen LogP contribution in [0.15, 0.2) is 45.6 Å². The standard InChI is InChI=1S/C17H13FN2O4S/c1-22-14-4-2-11(8-13(14)18)3-5-16(21)23-9-15-19-17(20-24-15)12-6-7-25-10-12/h2-8,10H,9H2,1H3/b5-3+. The van der Waals surface area contributed by atoms with E-state index in [4.69, 9.17) is 14.0 Å². The molecule has 0 amide bonds. The molecule has 0 aliphatic rings. The van der Waals surface area contributed by atoms with Crippen LogP contribution >= 0.6 is 11.3 Å². The summed E-state index contributed by atoms with van der Waals surface area (Å²) in [5.74, 6) is -0.344. The van der Waals surface area contributed by atoms with Crippen LogP contribution in [0.4, 0.5) is 4.39 Å². The second-order valence-electron chi connectivity index (χ2n) is 4.86. The lowest BCUT2D eigenvalue weighted by molar-refractivity contribution is -0.139. The van der Waals surface area contributed by atoms with Gasteiger partial charge in [0.1, 0.15) is 0 Å². The molecule has 0 unspecified atom stereocenters. The zero-order valence-corrected chi connectivity index (χ0v) is 14.0. The van der Waals surface area contributed by atoms with Gasteiger partial charge in [-0.15, -0.1) is 0 Å². The summed E-state index contributed by atoms with van der Waals surface area (Å²) in [6.45, 7) is -0.142. The van der Waals surface area contributed by atoms with E-state index in [1.54, 1.807) is 6.07 Å². The number of methoxy groups -OCH3 is 1. The Morgan fingerprint density at radius 1 is 1.40 bits per heavy atom. The number of rotatable bonds is 6. The van der Waals surface area contributed by atoms with Crippen molar-refractivity contribution in [3.8, 4) is 17.1 Å². The molecule has 25 heavy (non-hydrogen) atoms. The van der Waals surface area contributed by atoms with E-state index >= 15 is 0 Å². The van der Waals surface area contributed by atoms with E-state index in [2.05, 4.69) is 10.1 Å². The van der Waals surface area contributed by atoms with Gasteiger partial charge in [-0.2, -0.15) is 16.3 Å². The third-order valence-electron chi connectivity index (χ3n) is 3.17. The molecular formula is C17H13FN2O4S. The fraction of sp³-hybridized carbons (Fsp3) is 0.118. The van der Waals surface area contributed by atoms with Crippen LogP contribution in [0.5, 0.6) is 5.75 Å². The molecule has 128 valence electrons. The average Bonchev–Trinajstić information content (AvgIpc) is 3.29. The van der Waals surface area contributed by atoms with Crippen molar-refractivity contribution in [2.45, 2.75) is 6.61 Å². The first-order valence-corrected chi connectivity index (χ1v) is 8.13. The van der Waals surface area contributed by atoms with Gasteiger partial charge in [0.2, 0.25) is 5.82 Å². The number of carbonyl (C=O) groups is 1. The molecule has 2 heterocycles. The van der Waals surface area contributed by atoms with Gasteiger partial charge in [-0.3, -0.25) is 0 Å². The molecule has 0 aliphatic heterocycles. The Labute approximate surface area is 146 Å². The lowest BCUT2D eigenvalue weighted by Gasteiger charge is -2.01. The van der Waals surface area contributed by atoms with Crippen molar-refractivity contribution in [3.63, 3.8) is 0 Å². The van der Waals surface area contributed by atoms with Gasteiger partial charge >= 0.3 is 5.97 Å². The zero-order valence-electron chi connectivity index (χ0n) is 13.1. The van der Waals surface area contributed by atoms with Crippen molar-refractivity contribution in [2.75, 3.05) is 7.11 Å². The second kappa shape index (κ2) is 7.71. The summed E-state index contributed by atoms with van der Waals surface area (Å²) in [4.78, 5) is 15.9. The molecule has 6 nitrogen and oxygen atoms in total. The highest BCUT2D eigenvalue weighted by atomic mass is 32.1. The number of nitrogens with zero attached hydrogens (tertiary/aromatic N) is 2. The third kappa shape index (κ3) is 4.30. The largest absolute Gasteiger partial charge is 0.494 e. The van der Waals surface area contributed by atoms with E-state index in [0.717, 1.165) is 5.56 Å². The van der Waals surface area contributed by atoms with Crippen LogP contribution in [0.3, 0.4) is 0 Å². The number of halogens is 1. The van der Waals surface area contributed by atoms with E-state index in [1.165, 1.54) is 42.7 Å². The van der Waals surface area contributed by atoms with Crippen LogP contribution in [-0.4, -0.2) is 23.2 Å². The molecule has 3 aromatic rings. The Morgan fingerprint density at radius 3 is 3.00 bits per heavy atom. The fourth-order valence-electron chi connectivity index (χ4n) is 1.95. The fourth-order valence-corrected chi connectivity index (χ4v) is 2.59. The summed E-state index contributed by atoms with van der Waals surface area (Å²) in [6.07, 6.45) is 2.63. The lowest BCUT2D eigenvalue weighted by Crippen LogP contribution is -2.01. The van der Waals surface area contributed by atoms with Crippen molar-refractivity contribution in [1.29, 1.82) is 0 Å². The molecule has 0 spiro atoms. The van der Waals surface area contributed by atoms with Gasteiger partial charge < -0.3 is 14.0 Å². The molecule has 0 radical (unpaired) electrons. The lowest BCUT2D eigenvalue weighted by atomic mass is 10.2. The topological polar surface area (TPSA) is 74.5 Å². The van der Waals surface area contributed by atoms with Crippen LogP contribution in [0.25, 0.3) is 17.5 Å². The molecule has 0 fully saturated rings. The monoisotopic (exact) mass is 360 g/mol. The Hall–Kier alpha value is -3.00. The summed E-state index contributed by atoms with van der Waals surface area (Å²) in [5.41, 5.74) is 1.35. The summed E-state index contributed by atoms with van der Waals surface area (Å²) in [5, 5.41) is 7.60. The first-order valence-electron chi connectivity index (χ1n) is 7.19. The Kier molecular flexibility index (Phi) is 5.20. The first kappa shape index (κ1) is 16.8. The van der Waals surface area contributed by atoms with Gasteiger partial charge in [-0.1, -0.05) is 11.2 Å². The number of carbonyl (C=O) groups excluding carboxylic acids is 1. The maximum atomic E-state index is 13.6. The molecule has 1 aromatic carbocycles. The SMILES string of the molecule is COc1ccc(/C=C/C(=O)OCc2nc(-c3ccsc3)no2)cc1F. The predicted molar refractivity (Wildman–Crippen MR) is 89.4 cm³/mol. The van der Waals surface area contributed by atoms with Gasteiger partial charge in [0.15, 0.2) is 18.2 Å². The van der Waals surface area contributed by atoms with E-state index < -0.39 is 11.8 Å². The minimum absolute atomic E-state index is 0.137. The highest BCUT2D eigenvalue weighted by molar-refractivity contribution is 7.08. The van der Waals surface area contributed by atoms with Gasteiger partial charge in [0.05, 0.1) is 7.11 Å². The van der Waals surface area contributed by atoms with E-state index in [0.29, 0.717) is 11.4 Å². The number of thiophene rings is 1. The number of ether oxygens (including phenoxy) is 2. The maximum absolute atomic E-state index is 13.6. The Morgan fingerprint density at radius 2 is 2.28 bits per heavy atom. The zero-order chi connectivity index (χ0) is 17.6. The highest BCUT2D eigenvalue weighted by Gasteiger charge is 2.10. The molecular weight excluding hydrogens is 347 g/mol. The highest BCUT2D eigenvalue weighted by Crippen LogP contribution is 2.19. The molecule has 0 N–H and O–H groups in total. The minimum Gasteiger partial charge on any atom is -0.494 e. The molecule has 0 bridgehead atoms. The molecule has 8 heteroatoms. The quantitative estimate of drug-likeness (QED) is 0.493. The summed E-state index contributed by atoms with van der Waals surface area (Å²) in [6, 6.07) is 6.22. The molecule has 3 rings (SSSR count). The van der Waals surface area contributed by atoms with Gasteiger partial charge in [0, 0.05) is 17.0 Å². The van der Waals surface area contributed by atoms with E-state index in [9.17, 15) is 9.18 Å². The number of esters is 1. The average molecular weight is 360 g/mol. The van der Waals surface area contributed by atoms with Gasteiger partial charge in [-0.05, 0) is 35.2 Å². The molecule has 0 saturated heterocycles. The molecule has 0 saturated carbocycles. The molecule has 0 atom stereocenters. The first-order chi connectivity index (χ1) is 12.2. The summed E-state index contributed by atoms with van der Waals surface area (Å²) >= 11 is 1.52. The smallest absolute Gasteiger partial charge is 0.331 e. The van der Waals surface area contributed by atoms with Crippen molar-refractivity contribution in [1.82, 2.24) is 10.1 Å². The van der Waals surface area contributed by atoms with Gasteiger partial charge in [0.25, 0.3) is 5.89 Å². The number of benzene rings is 1.